The first kappa shape index (κ1) is 21.5. The molecule has 0 unspecified atom stereocenters. The number of ether oxygens (including phenoxy) is 1. The molecule has 152 valence electrons. The summed E-state index contributed by atoms with van der Waals surface area (Å²) in [6, 6.07) is 5.26. The lowest BCUT2D eigenvalue weighted by atomic mass is 10.1. The van der Waals surface area contributed by atoms with Crippen LogP contribution >= 0.6 is 0 Å². The summed E-state index contributed by atoms with van der Waals surface area (Å²) in [5, 5.41) is 47.5. The molecule has 0 saturated carbocycles. The molecule has 0 spiro atoms. The van der Waals surface area contributed by atoms with E-state index in [1.165, 1.54) is 43.5 Å². The van der Waals surface area contributed by atoms with Gasteiger partial charge in [-0.3, -0.25) is 9.59 Å². The number of ketones is 2. The van der Waals surface area contributed by atoms with Crippen molar-refractivity contribution in [2.45, 2.75) is 13.0 Å². The predicted molar refractivity (Wildman–Crippen MR) is 105 cm³/mol. The summed E-state index contributed by atoms with van der Waals surface area (Å²) < 4.78 is 4.90. The third kappa shape index (κ3) is 5.60. The Morgan fingerprint density at radius 2 is 1.38 bits per heavy atom. The van der Waals surface area contributed by atoms with E-state index in [1.807, 2.05) is 0 Å². The Balaban J connectivity index is 2.03. The molecule has 0 fully saturated rings. The zero-order valence-electron chi connectivity index (χ0n) is 15.5. The van der Waals surface area contributed by atoms with Crippen LogP contribution in [0.2, 0.25) is 0 Å². The number of carbonyl (C=O) groups is 2. The molecule has 0 bridgehead atoms. The highest BCUT2D eigenvalue weighted by atomic mass is 16.5. The quantitative estimate of drug-likeness (QED) is 0.258. The minimum Gasteiger partial charge on any atom is -0.504 e. The van der Waals surface area contributed by atoms with Crippen molar-refractivity contribution in [1.82, 2.24) is 0 Å². The molecule has 0 aromatic heterocycles. The maximum absolute atomic E-state index is 12.0. The van der Waals surface area contributed by atoms with Crippen molar-refractivity contribution < 1.29 is 39.9 Å². The van der Waals surface area contributed by atoms with Crippen molar-refractivity contribution in [3.63, 3.8) is 0 Å². The first-order valence-corrected chi connectivity index (χ1v) is 8.42. The van der Waals surface area contributed by atoms with Gasteiger partial charge in [-0.1, -0.05) is 12.2 Å². The number of methoxy groups -OCH3 is 1. The number of aliphatic hydroxyl groups is 1. The Hall–Kier alpha value is -3.78. The lowest BCUT2D eigenvalue weighted by Gasteiger charge is -2.06. The van der Waals surface area contributed by atoms with Gasteiger partial charge in [0.15, 0.2) is 34.6 Å². The molecule has 8 heteroatoms. The van der Waals surface area contributed by atoms with Gasteiger partial charge in [-0.25, -0.2) is 0 Å². The number of aliphatic hydroxyl groups excluding tert-OH is 1. The third-order valence-corrected chi connectivity index (χ3v) is 3.93. The number of phenols is 4. The molecule has 0 radical (unpaired) electrons. The van der Waals surface area contributed by atoms with Crippen molar-refractivity contribution in [3.8, 4) is 28.7 Å². The molecule has 5 N–H and O–H groups in total. The third-order valence-electron chi connectivity index (χ3n) is 3.93. The van der Waals surface area contributed by atoms with Gasteiger partial charge in [0.25, 0.3) is 0 Å². The van der Waals surface area contributed by atoms with Crippen molar-refractivity contribution in [3.05, 3.63) is 53.1 Å². The van der Waals surface area contributed by atoms with Crippen molar-refractivity contribution >= 4 is 23.7 Å². The van der Waals surface area contributed by atoms with Crippen molar-refractivity contribution in [1.29, 1.82) is 0 Å². The summed E-state index contributed by atoms with van der Waals surface area (Å²) in [4.78, 5) is 23.9. The number of carbonyl (C=O) groups excluding carboxylic acids is 2. The highest BCUT2D eigenvalue weighted by Crippen LogP contribution is 2.36. The van der Waals surface area contributed by atoms with Gasteiger partial charge in [0.05, 0.1) is 20.1 Å². The zero-order valence-corrected chi connectivity index (χ0v) is 15.5. The highest BCUT2D eigenvalue weighted by Gasteiger charge is 2.10. The van der Waals surface area contributed by atoms with Gasteiger partial charge in [0.1, 0.15) is 0 Å². The molecule has 0 aliphatic heterocycles. The van der Waals surface area contributed by atoms with E-state index in [-0.39, 0.29) is 11.3 Å². The molecule has 0 saturated heterocycles. The SMILES string of the molecule is COc1cc(C=CC(=O)CC(=O)C=Cc2cc(O)c(O)c(CO)c2)cc(O)c1O. The second-order valence-corrected chi connectivity index (χ2v) is 6.07. The van der Waals surface area contributed by atoms with Crippen LogP contribution in [0.3, 0.4) is 0 Å². The minimum atomic E-state index is -0.496. The molecular weight excluding hydrogens is 380 g/mol. The summed E-state index contributed by atoms with van der Waals surface area (Å²) in [6.45, 7) is -0.490. The summed E-state index contributed by atoms with van der Waals surface area (Å²) >= 11 is 0. The molecule has 2 aromatic rings. The fraction of sp³-hybridized carbons (Fsp3) is 0.143. The average Bonchev–Trinajstić information content (AvgIpc) is 2.69. The van der Waals surface area contributed by atoms with Crippen LogP contribution in [0.15, 0.2) is 36.4 Å². The number of hydrogen-bond acceptors (Lipinski definition) is 8. The number of rotatable bonds is 8. The molecule has 0 amide bonds. The van der Waals surface area contributed by atoms with Crippen LogP contribution in [-0.2, 0) is 16.2 Å². The Labute approximate surface area is 166 Å². The molecule has 29 heavy (non-hydrogen) atoms. The number of benzene rings is 2. The second kappa shape index (κ2) is 9.43. The van der Waals surface area contributed by atoms with Crippen LogP contribution in [0, 0.1) is 0 Å². The van der Waals surface area contributed by atoms with Gasteiger partial charge in [-0.2, -0.15) is 0 Å². The fourth-order valence-electron chi connectivity index (χ4n) is 2.45. The topological polar surface area (TPSA) is 145 Å². The van der Waals surface area contributed by atoms with Crippen LogP contribution in [-0.4, -0.2) is 44.2 Å². The predicted octanol–water partition coefficient (Wildman–Crippen LogP) is 2.26. The summed E-state index contributed by atoms with van der Waals surface area (Å²) in [5.74, 6) is -2.64. The van der Waals surface area contributed by atoms with Crippen molar-refractivity contribution in [2.75, 3.05) is 7.11 Å². The zero-order chi connectivity index (χ0) is 21.6. The molecular formula is C21H20O8. The molecule has 0 atom stereocenters. The lowest BCUT2D eigenvalue weighted by molar-refractivity contribution is -0.121. The van der Waals surface area contributed by atoms with E-state index in [4.69, 9.17) is 9.84 Å². The number of hydrogen-bond donors (Lipinski definition) is 5. The lowest BCUT2D eigenvalue weighted by Crippen LogP contribution is -2.02. The van der Waals surface area contributed by atoms with E-state index in [0.29, 0.717) is 11.1 Å². The Kier molecular flexibility index (Phi) is 6.99. The summed E-state index contributed by atoms with van der Waals surface area (Å²) in [6.07, 6.45) is 4.61. The van der Waals surface area contributed by atoms with Gasteiger partial charge in [-0.15, -0.1) is 0 Å². The number of aromatic hydroxyl groups is 4. The smallest absolute Gasteiger partial charge is 0.200 e. The molecule has 8 nitrogen and oxygen atoms in total. The molecule has 0 heterocycles. The second-order valence-electron chi connectivity index (χ2n) is 6.07. The Bertz CT molecular complexity index is 909. The van der Waals surface area contributed by atoms with Crippen molar-refractivity contribution in [2.24, 2.45) is 0 Å². The van der Waals surface area contributed by atoms with Gasteiger partial charge < -0.3 is 30.3 Å². The maximum Gasteiger partial charge on any atom is 0.200 e. The molecule has 2 aromatic carbocycles. The monoisotopic (exact) mass is 400 g/mol. The summed E-state index contributed by atoms with van der Waals surface area (Å²) in [7, 11) is 1.31. The van der Waals surface area contributed by atoms with E-state index in [9.17, 15) is 30.0 Å². The first-order chi connectivity index (χ1) is 13.7. The molecule has 0 aliphatic rings. The average molecular weight is 400 g/mol. The van der Waals surface area contributed by atoms with E-state index >= 15 is 0 Å². The standard InChI is InChI=1S/C21H20O8/c1-29-19-9-13(8-18(26)21(19)28)3-5-16(24)10-15(23)4-2-12-6-14(11-22)20(27)17(25)7-12/h2-9,22,25-28H,10-11H2,1H3. The van der Waals surface area contributed by atoms with Crippen LogP contribution in [0.5, 0.6) is 28.7 Å². The van der Waals surface area contributed by atoms with Crippen LogP contribution < -0.4 is 4.74 Å². The maximum atomic E-state index is 12.0. The normalized spacial score (nSPS) is 11.2. The minimum absolute atomic E-state index is 0.0375. The number of allylic oxidation sites excluding steroid dienone is 2. The van der Waals surface area contributed by atoms with Crippen LogP contribution in [0.1, 0.15) is 23.1 Å². The molecule has 2 rings (SSSR count). The van der Waals surface area contributed by atoms with Gasteiger partial charge in [0, 0.05) is 5.56 Å². The molecule has 0 aliphatic carbocycles. The van der Waals surface area contributed by atoms with Crippen LogP contribution in [0.25, 0.3) is 12.2 Å². The van der Waals surface area contributed by atoms with Gasteiger partial charge in [0.2, 0.25) is 5.75 Å². The summed E-state index contributed by atoms with van der Waals surface area (Å²) in [5.41, 5.74) is 0.862. The van der Waals surface area contributed by atoms with Gasteiger partial charge in [-0.05, 0) is 47.5 Å². The highest BCUT2D eigenvalue weighted by molar-refractivity contribution is 6.10. The van der Waals surface area contributed by atoms with Gasteiger partial charge >= 0.3 is 0 Å². The largest absolute Gasteiger partial charge is 0.504 e. The fourth-order valence-corrected chi connectivity index (χ4v) is 2.45. The first-order valence-electron chi connectivity index (χ1n) is 8.42. The van der Waals surface area contributed by atoms with E-state index in [0.717, 1.165) is 12.2 Å². The number of phenolic OH excluding ortho intramolecular Hbond substituents is 3. The van der Waals surface area contributed by atoms with E-state index < -0.39 is 47.6 Å². The Morgan fingerprint density at radius 1 is 0.862 bits per heavy atom. The van der Waals surface area contributed by atoms with Crippen LogP contribution in [0.4, 0.5) is 0 Å². The van der Waals surface area contributed by atoms with E-state index in [2.05, 4.69) is 0 Å². The Morgan fingerprint density at radius 3 is 1.90 bits per heavy atom. The van der Waals surface area contributed by atoms with E-state index in [1.54, 1.807) is 0 Å².